The average molecular weight is 573 g/mol. The van der Waals surface area contributed by atoms with Crippen LogP contribution in [-0.4, -0.2) is 0 Å². The minimum Gasteiger partial charge on any atom is -0.455 e. The van der Waals surface area contributed by atoms with Gasteiger partial charge in [0.2, 0.25) is 5.69 Å². The van der Waals surface area contributed by atoms with Crippen LogP contribution in [0.1, 0.15) is 90.1 Å². The third-order valence-corrected chi connectivity index (χ3v) is 9.06. The van der Waals surface area contributed by atoms with Crippen LogP contribution in [0, 0.1) is 30.1 Å². The van der Waals surface area contributed by atoms with E-state index in [0.29, 0.717) is 0 Å². The fourth-order valence-electron chi connectivity index (χ4n) is 7.34. The topological polar surface area (TPSA) is 13.1 Å². The zero-order valence-corrected chi connectivity index (χ0v) is 28.6. The molecule has 0 aliphatic carbocycles. The number of nitrogens with zero attached hydrogens (tertiary/aromatic N) is 1. The molecule has 1 aliphatic heterocycles. The first-order chi connectivity index (χ1) is 19.9. The summed E-state index contributed by atoms with van der Waals surface area (Å²) in [7, 11) is 2.19. The van der Waals surface area contributed by atoms with Gasteiger partial charge in [-0.15, -0.1) is 0 Å². The highest BCUT2D eigenvalue weighted by molar-refractivity contribution is 6.17. The predicted octanol–water partition coefficient (Wildman–Crippen LogP) is 11.1. The van der Waals surface area contributed by atoms with E-state index in [-0.39, 0.29) is 16.2 Å². The Morgan fingerprint density at radius 3 is 1.91 bits per heavy atom. The van der Waals surface area contributed by atoms with E-state index in [1.165, 1.54) is 71.4 Å². The number of fused-ring (bicyclic) bond motifs is 5. The molecule has 0 atom stereocenters. The van der Waals surface area contributed by atoms with Crippen LogP contribution < -0.4 is 9.30 Å². The first-order valence-corrected chi connectivity index (χ1v) is 16.1. The lowest BCUT2D eigenvalue weighted by atomic mass is 9.80. The Balaban J connectivity index is 1.71. The maximum absolute atomic E-state index is 7.17. The van der Waals surface area contributed by atoms with Gasteiger partial charge in [0.15, 0.2) is 6.20 Å². The van der Waals surface area contributed by atoms with Crippen molar-refractivity contribution in [3.8, 4) is 22.8 Å². The van der Waals surface area contributed by atoms with Crippen molar-refractivity contribution in [2.75, 3.05) is 0 Å². The molecule has 4 aromatic carbocycles. The monoisotopic (exact) mass is 572 g/mol. The quantitative estimate of drug-likeness (QED) is 0.152. The van der Waals surface area contributed by atoms with Crippen LogP contribution in [0.3, 0.4) is 0 Å². The van der Waals surface area contributed by atoms with Crippen molar-refractivity contribution >= 4 is 32.3 Å². The lowest BCUT2D eigenvalue weighted by molar-refractivity contribution is -0.659. The van der Waals surface area contributed by atoms with Crippen LogP contribution in [0.5, 0.6) is 11.5 Å². The third kappa shape index (κ3) is 5.32. The highest BCUT2D eigenvalue weighted by Crippen LogP contribution is 2.53. The van der Waals surface area contributed by atoms with Crippen molar-refractivity contribution in [1.82, 2.24) is 0 Å². The van der Waals surface area contributed by atoms with E-state index in [0.717, 1.165) is 30.8 Å². The zero-order valence-electron chi connectivity index (χ0n) is 28.6. The second-order valence-corrected chi connectivity index (χ2v) is 16.9. The molecule has 1 aromatic heterocycles. The smallest absolute Gasteiger partial charge is 0.228 e. The van der Waals surface area contributed by atoms with Crippen LogP contribution in [0.15, 0.2) is 48.7 Å². The maximum Gasteiger partial charge on any atom is 0.228 e. The van der Waals surface area contributed by atoms with Crippen LogP contribution in [0.2, 0.25) is 0 Å². The van der Waals surface area contributed by atoms with Gasteiger partial charge >= 0.3 is 0 Å². The third-order valence-electron chi connectivity index (χ3n) is 9.06. The number of aromatic nitrogens is 1. The largest absolute Gasteiger partial charge is 0.455 e. The molecule has 1 aliphatic rings. The summed E-state index contributed by atoms with van der Waals surface area (Å²) in [5.41, 5.74) is 9.91. The normalized spacial score (nSPS) is 13.6. The van der Waals surface area contributed by atoms with E-state index >= 15 is 0 Å². The second kappa shape index (κ2) is 9.81. The van der Waals surface area contributed by atoms with Crippen molar-refractivity contribution in [3.05, 3.63) is 76.5 Å². The van der Waals surface area contributed by atoms with E-state index in [1.807, 2.05) is 0 Å². The van der Waals surface area contributed by atoms with Crippen LogP contribution in [0.4, 0.5) is 0 Å². The summed E-state index contributed by atoms with van der Waals surface area (Å²) in [5.74, 6) is 2.03. The average Bonchev–Trinajstić information content (AvgIpc) is 2.87. The number of pyridine rings is 1. The summed E-state index contributed by atoms with van der Waals surface area (Å²) >= 11 is 0. The molecule has 6 rings (SSSR count). The number of aryl methyl sites for hydroxylation is 3. The Labute approximate surface area is 259 Å². The van der Waals surface area contributed by atoms with Crippen molar-refractivity contribution < 1.29 is 9.30 Å². The van der Waals surface area contributed by atoms with Gasteiger partial charge in [-0.25, -0.2) is 4.57 Å². The number of hydrogen-bond acceptors (Lipinski definition) is 1. The summed E-state index contributed by atoms with van der Waals surface area (Å²) in [6, 6.07) is 16.5. The van der Waals surface area contributed by atoms with Gasteiger partial charge in [-0.1, -0.05) is 92.6 Å². The molecule has 0 bridgehead atoms. The lowest BCUT2D eigenvalue weighted by Gasteiger charge is -2.29. The Morgan fingerprint density at radius 1 is 0.628 bits per heavy atom. The molecular weight excluding hydrogens is 522 g/mol. The summed E-state index contributed by atoms with van der Waals surface area (Å²) in [5, 5.41) is 7.79. The first kappa shape index (κ1) is 29.7. The number of hydrogen-bond donors (Lipinski definition) is 0. The molecule has 0 amide bonds. The fourth-order valence-corrected chi connectivity index (χ4v) is 7.34. The minimum absolute atomic E-state index is 0.111. The molecule has 2 nitrogen and oxygen atoms in total. The van der Waals surface area contributed by atoms with Crippen LogP contribution in [-0.2, 0) is 26.3 Å². The van der Waals surface area contributed by atoms with Crippen molar-refractivity contribution in [2.24, 2.45) is 23.3 Å². The van der Waals surface area contributed by atoms with E-state index in [1.54, 1.807) is 0 Å². The van der Waals surface area contributed by atoms with Gasteiger partial charge in [-0.2, -0.15) is 0 Å². The van der Waals surface area contributed by atoms with Gasteiger partial charge in [0.05, 0.1) is 10.9 Å². The van der Waals surface area contributed by atoms with Crippen molar-refractivity contribution in [1.29, 1.82) is 0 Å². The van der Waals surface area contributed by atoms with Gasteiger partial charge in [0, 0.05) is 17.0 Å². The lowest BCUT2D eigenvalue weighted by Crippen LogP contribution is -2.32. The minimum atomic E-state index is 0.111. The maximum atomic E-state index is 7.17. The summed E-state index contributed by atoms with van der Waals surface area (Å²) in [4.78, 5) is 0. The van der Waals surface area contributed by atoms with Gasteiger partial charge in [-0.3, -0.25) is 0 Å². The van der Waals surface area contributed by atoms with Crippen LogP contribution >= 0.6 is 0 Å². The summed E-state index contributed by atoms with van der Waals surface area (Å²) < 4.78 is 9.49. The second-order valence-electron chi connectivity index (χ2n) is 16.9. The molecule has 0 N–H and O–H groups in total. The molecular formula is C41H50NO+. The molecule has 5 aromatic rings. The molecule has 0 saturated carbocycles. The molecule has 224 valence electrons. The van der Waals surface area contributed by atoms with Crippen LogP contribution in [0.25, 0.3) is 43.6 Å². The molecule has 2 heteroatoms. The van der Waals surface area contributed by atoms with E-state index in [2.05, 4.69) is 136 Å². The molecule has 43 heavy (non-hydrogen) atoms. The Morgan fingerprint density at radius 2 is 1.26 bits per heavy atom. The van der Waals surface area contributed by atoms with Gasteiger partial charge < -0.3 is 4.74 Å². The fraction of sp³-hybridized carbons (Fsp3) is 0.439. The van der Waals surface area contributed by atoms with Gasteiger partial charge in [0.1, 0.15) is 18.5 Å². The molecule has 0 fully saturated rings. The summed E-state index contributed by atoms with van der Waals surface area (Å²) in [6.45, 7) is 25.6. The van der Waals surface area contributed by atoms with E-state index in [4.69, 9.17) is 4.74 Å². The van der Waals surface area contributed by atoms with E-state index in [9.17, 15) is 0 Å². The van der Waals surface area contributed by atoms with Crippen molar-refractivity contribution in [3.63, 3.8) is 0 Å². The van der Waals surface area contributed by atoms with Gasteiger partial charge in [-0.05, 0) is 99.2 Å². The Hall–Kier alpha value is -3.39. The van der Waals surface area contributed by atoms with E-state index < -0.39 is 0 Å². The first-order valence-electron chi connectivity index (χ1n) is 16.1. The van der Waals surface area contributed by atoms with Crippen molar-refractivity contribution in [2.45, 2.75) is 95.4 Å². The highest BCUT2D eigenvalue weighted by atomic mass is 16.5. The number of rotatable bonds is 3. The standard InChI is InChI=1S/C41H50NO/c1-24-27(22-40(6,7)8)14-16-28-30-17-18-42(12)37-35-25(2)31-19-26(21-39(3,4)5)13-15-29(31)33(23-41(9,10)11)38(35)43-34(36(30)37)20-32(24)28/h13-20H,21-23H2,1-12H3/q+1. The molecule has 0 spiro atoms. The molecule has 2 heterocycles. The predicted molar refractivity (Wildman–Crippen MR) is 185 cm³/mol. The molecule has 0 unspecified atom stereocenters. The molecule has 0 radical (unpaired) electrons. The highest BCUT2D eigenvalue weighted by Gasteiger charge is 2.35. The Bertz CT molecular complexity index is 1940. The SMILES string of the molecule is Cc1c2c(c(CC(C)(C)C)c3ccc(CC(C)(C)C)cc13)Oc1cc3c(C)c(CC(C)(C)C)ccc3c3cc[n+](C)c-2c13. The van der Waals surface area contributed by atoms with Gasteiger partial charge in [0.25, 0.3) is 0 Å². The molecule has 0 saturated heterocycles. The summed E-state index contributed by atoms with van der Waals surface area (Å²) in [6.07, 6.45) is 5.30. The Kier molecular flexibility index (Phi) is 6.77. The zero-order chi connectivity index (χ0) is 31.2. The number of benzene rings is 4. The number of ether oxygens (including phenoxy) is 1.